The van der Waals surface area contributed by atoms with Gasteiger partial charge in [-0.3, -0.25) is 4.79 Å². The van der Waals surface area contributed by atoms with E-state index in [0.29, 0.717) is 17.2 Å². The third-order valence-corrected chi connectivity index (χ3v) is 4.30. The Labute approximate surface area is 157 Å². The molecular formula is C21H21FN2O3. The van der Waals surface area contributed by atoms with Crippen LogP contribution in [0.3, 0.4) is 0 Å². The molecule has 3 aromatic rings. The average molecular weight is 368 g/mol. The summed E-state index contributed by atoms with van der Waals surface area (Å²) in [7, 11) is 3.10. The predicted molar refractivity (Wildman–Crippen MR) is 102 cm³/mol. The van der Waals surface area contributed by atoms with Crippen LogP contribution in [0.15, 0.2) is 67.0 Å². The van der Waals surface area contributed by atoms with E-state index >= 15 is 0 Å². The Kier molecular flexibility index (Phi) is 5.76. The highest BCUT2D eigenvalue weighted by Crippen LogP contribution is 2.30. The normalized spacial score (nSPS) is 11.7. The largest absolute Gasteiger partial charge is 0.497 e. The molecule has 0 aliphatic rings. The highest BCUT2D eigenvalue weighted by molar-refractivity contribution is 5.92. The molecule has 5 nitrogen and oxygen atoms in total. The van der Waals surface area contributed by atoms with Gasteiger partial charge < -0.3 is 19.4 Å². The number of halogens is 1. The minimum Gasteiger partial charge on any atom is -0.497 e. The molecule has 2 aromatic carbocycles. The van der Waals surface area contributed by atoms with Gasteiger partial charge in [0, 0.05) is 18.5 Å². The second-order valence-corrected chi connectivity index (χ2v) is 6.02. The zero-order chi connectivity index (χ0) is 19.2. The lowest BCUT2D eigenvalue weighted by Crippen LogP contribution is -2.20. The SMILES string of the molecule is COc1ccc(NC(=O)C[C@@H](c2ccc(F)cc2)n2cccc2)c(OC)c1. The van der Waals surface area contributed by atoms with Crippen molar-refractivity contribution >= 4 is 11.6 Å². The summed E-state index contributed by atoms with van der Waals surface area (Å²) in [4.78, 5) is 12.7. The maximum atomic E-state index is 13.3. The molecule has 1 amide bonds. The molecule has 0 bridgehead atoms. The number of benzene rings is 2. The van der Waals surface area contributed by atoms with E-state index in [1.54, 1.807) is 37.4 Å². The van der Waals surface area contributed by atoms with Crippen LogP contribution in [0.4, 0.5) is 10.1 Å². The molecule has 0 saturated heterocycles. The van der Waals surface area contributed by atoms with E-state index in [1.165, 1.54) is 19.2 Å². The van der Waals surface area contributed by atoms with Crippen LogP contribution in [0.5, 0.6) is 11.5 Å². The number of amides is 1. The number of nitrogens with one attached hydrogen (secondary N) is 1. The lowest BCUT2D eigenvalue weighted by molar-refractivity contribution is -0.116. The summed E-state index contributed by atoms with van der Waals surface area (Å²) < 4.78 is 25.7. The number of rotatable bonds is 7. The summed E-state index contributed by atoms with van der Waals surface area (Å²) in [6.45, 7) is 0. The highest BCUT2D eigenvalue weighted by atomic mass is 19.1. The molecule has 0 saturated carbocycles. The molecule has 140 valence electrons. The van der Waals surface area contributed by atoms with E-state index in [2.05, 4.69) is 5.32 Å². The third kappa shape index (κ3) is 4.47. The molecule has 6 heteroatoms. The van der Waals surface area contributed by atoms with E-state index in [9.17, 15) is 9.18 Å². The van der Waals surface area contributed by atoms with Crippen LogP contribution in [0.25, 0.3) is 0 Å². The summed E-state index contributed by atoms with van der Waals surface area (Å²) in [5.74, 6) is 0.669. The summed E-state index contributed by atoms with van der Waals surface area (Å²) in [6, 6.07) is 14.9. The summed E-state index contributed by atoms with van der Waals surface area (Å²) in [6.07, 6.45) is 3.96. The number of hydrogen-bond donors (Lipinski definition) is 1. The van der Waals surface area contributed by atoms with Crippen molar-refractivity contribution in [2.45, 2.75) is 12.5 Å². The van der Waals surface area contributed by atoms with E-state index in [0.717, 1.165) is 5.56 Å². The molecule has 0 fully saturated rings. The van der Waals surface area contributed by atoms with Gasteiger partial charge in [-0.25, -0.2) is 4.39 Å². The van der Waals surface area contributed by atoms with Gasteiger partial charge in [-0.2, -0.15) is 0 Å². The third-order valence-electron chi connectivity index (χ3n) is 4.30. The van der Waals surface area contributed by atoms with Crippen LogP contribution in [0.1, 0.15) is 18.0 Å². The van der Waals surface area contributed by atoms with Gasteiger partial charge in [-0.05, 0) is 42.0 Å². The molecule has 0 aliphatic carbocycles. The zero-order valence-corrected chi connectivity index (χ0v) is 15.2. The first-order valence-corrected chi connectivity index (χ1v) is 8.50. The minimum absolute atomic E-state index is 0.179. The molecule has 27 heavy (non-hydrogen) atoms. The smallest absolute Gasteiger partial charge is 0.226 e. The predicted octanol–water partition coefficient (Wildman–Crippen LogP) is 4.26. The Morgan fingerprint density at radius 3 is 2.41 bits per heavy atom. The molecule has 0 unspecified atom stereocenters. The van der Waals surface area contributed by atoms with Crippen molar-refractivity contribution in [1.82, 2.24) is 4.57 Å². The fourth-order valence-corrected chi connectivity index (χ4v) is 2.91. The van der Waals surface area contributed by atoms with Crippen molar-refractivity contribution in [3.05, 3.63) is 78.4 Å². The quantitative estimate of drug-likeness (QED) is 0.678. The van der Waals surface area contributed by atoms with Crippen LogP contribution in [0.2, 0.25) is 0 Å². The van der Waals surface area contributed by atoms with Gasteiger partial charge in [0.05, 0.1) is 32.4 Å². The van der Waals surface area contributed by atoms with Crippen LogP contribution in [0, 0.1) is 5.82 Å². The summed E-state index contributed by atoms with van der Waals surface area (Å²) >= 11 is 0. The van der Waals surface area contributed by atoms with Gasteiger partial charge in [0.2, 0.25) is 5.91 Å². The van der Waals surface area contributed by atoms with Gasteiger partial charge >= 0.3 is 0 Å². The van der Waals surface area contributed by atoms with Crippen molar-refractivity contribution in [3.63, 3.8) is 0 Å². The van der Waals surface area contributed by atoms with E-state index < -0.39 is 0 Å². The van der Waals surface area contributed by atoms with Crippen molar-refractivity contribution in [3.8, 4) is 11.5 Å². The lowest BCUT2D eigenvalue weighted by Gasteiger charge is -2.20. The first-order chi connectivity index (χ1) is 13.1. The van der Waals surface area contributed by atoms with E-state index in [1.807, 2.05) is 29.1 Å². The van der Waals surface area contributed by atoms with Gasteiger partial charge in [0.15, 0.2) is 0 Å². The van der Waals surface area contributed by atoms with Crippen LogP contribution < -0.4 is 14.8 Å². The van der Waals surface area contributed by atoms with Gasteiger partial charge in [0.1, 0.15) is 17.3 Å². The molecule has 1 atom stereocenters. The Morgan fingerprint density at radius 2 is 1.78 bits per heavy atom. The maximum absolute atomic E-state index is 13.3. The lowest BCUT2D eigenvalue weighted by atomic mass is 10.0. The second kappa shape index (κ2) is 8.40. The summed E-state index contributed by atoms with van der Waals surface area (Å²) in [5, 5.41) is 2.88. The van der Waals surface area contributed by atoms with Crippen LogP contribution in [-0.4, -0.2) is 24.7 Å². The zero-order valence-electron chi connectivity index (χ0n) is 15.2. The first-order valence-electron chi connectivity index (χ1n) is 8.50. The Balaban J connectivity index is 1.80. The van der Waals surface area contributed by atoms with Crippen molar-refractivity contribution in [2.75, 3.05) is 19.5 Å². The van der Waals surface area contributed by atoms with E-state index in [-0.39, 0.29) is 24.2 Å². The number of carbonyl (C=O) groups is 1. The van der Waals surface area contributed by atoms with Crippen LogP contribution >= 0.6 is 0 Å². The molecule has 1 aromatic heterocycles. The number of anilines is 1. The van der Waals surface area contributed by atoms with Crippen molar-refractivity contribution < 1.29 is 18.7 Å². The van der Waals surface area contributed by atoms with Crippen molar-refractivity contribution in [2.24, 2.45) is 0 Å². The Morgan fingerprint density at radius 1 is 1.07 bits per heavy atom. The molecule has 3 rings (SSSR count). The molecule has 0 radical (unpaired) electrons. The average Bonchev–Trinajstić information content (AvgIpc) is 3.21. The second-order valence-electron chi connectivity index (χ2n) is 6.02. The Bertz CT molecular complexity index is 892. The fraction of sp³-hybridized carbons (Fsp3) is 0.190. The van der Waals surface area contributed by atoms with Gasteiger partial charge in [-0.15, -0.1) is 0 Å². The molecule has 1 N–H and O–H groups in total. The van der Waals surface area contributed by atoms with Crippen LogP contribution in [-0.2, 0) is 4.79 Å². The maximum Gasteiger partial charge on any atom is 0.226 e. The number of ether oxygens (including phenoxy) is 2. The topological polar surface area (TPSA) is 52.5 Å². The van der Waals surface area contributed by atoms with Gasteiger partial charge in [-0.1, -0.05) is 12.1 Å². The number of methoxy groups -OCH3 is 2. The number of nitrogens with zero attached hydrogens (tertiary/aromatic N) is 1. The summed E-state index contributed by atoms with van der Waals surface area (Å²) in [5.41, 5.74) is 1.41. The molecular weight excluding hydrogens is 347 g/mol. The fourth-order valence-electron chi connectivity index (χ4n) is 2.91. The number of hydrogen-bond acceptors (Lipinski definition) is 3. The molecule has 1 heterocycles. The standard InChI is InChI=1S/C21H21FN2O3/c1-26-17-9-10-18(20(13-17)27-2)23-21(25)14-19(24-11-3-4-12-24)15-5-7-16(22)8-6-15/h3-13,19H,14H2,1-2H3,(H,23,25)/t19-/m0/s1. The Hall–Kier alpha value is -3.28. The number of carbonyl (C=O) groups excluding carboxylic acids is 1. The minimum atomic E-state index is -0.308. The number of aromatic nitrogens is 1. The molecule has 0 aliphatic heterocycles. The first kappa shape index (κ1) is 18.5. The monoisotopic (exact) mass is 368 g/mol. The highest BCUT2D eigenvalue weighted by Gasteiger charge is 2.18. The van der Waals surface area contributed by atoms with Crippen molar-refractivity contribution in [1.29, 1.82) is 0 Å². The van der Waals surface area contributed by atoms with Gasteiger partial charge in [0.25, 0.3) is 0 Å². The molecule has 0 spiro atoms. The van der Waals surface area contributed by atoms with E-state index in [4.69, 9.17) is 9.47 Å².